The predicted molar refractivity (Wildman–Crippen MR) is 120 cm³/mol. The minimum atomic E-state index is -0.252. The Morgan fingerprint density at radius 2 is 1.94 bits per heavy atom. The number of aryl methyl sites for hydroxylation is 1. The van der Waals surface area contributed by atoms with Gasteiger partial charge < -0.3 is 9.64 Å². The summed E-state index contributed by atoms with van der Waals surface area (Å²) in [5, 5.41) is 4.38. The summed E-state index contributed by atoms with van der Waals surface area (Å²) in [5.74, 6) is 1.19. The fraction of sp³-hybridized carbons (Fsp3) is 0.391. The molecule has 2 aromatic heterocycles. The highest BCUT2D eigenvalue weighted by Gasteiger charge is 2.25. The van der Waals surface area contributed by atoms with Crippen LogP contribution in [0.5, 0.6) is 0 Å². The second-order valence-electron chi connectivity index (χ2n) is 7.55. The van der Waals surface area contributed by atoms with Gasteiger partial charge in [-0.15, -0.1) is 0 Å². The standard InChI is InChI=1S/C23H28N6O2/c1-3-31-21(30)16-20-18(2)26-23-24-17-25-29(23)22(20)28-14-12-27(13-15-28)11-7-10-19-8-5-4-6-9-19/h4-10,17H,3,11-16H2,1-2H3/b10-7+. The smallest absolute Gasteiger partial charge is 0.310 e. The highest BCUT2D eigenvalue weighted by Crippen LogP contribution is 2.25. The van der Waals surface area contributed by atoms with E-state index in [1.165, 1.54) is 11.9 Å². The van der Waals surface area contributed by atoms with Crippen LogP contribution in [-0.2, 0) is 16.0 Å². The number of esters is 1. The van der Waals surface area contributed by atoms with Crippen LogP contribution in [0, 0.1) is 6.92 Å². The number of fused-ring (bicyclic) bond motifs is 1. The lowest BCUT2D eigenvalue weighted by Crippen LogP contribution is -2.47. The Labute approximate surface area is 182 Å². The molecule has 0 bridgehead atoms. The lowest BCUT2D eigenvalue weighted by molar-refractivity contribution is -0.142. The van der Waals surface area contributed by atoms with Gasteiger partial charge in [0.05, 0.1) is 13.0 Å². The van der Waals surface area contributed by atoms with Crippen LogP contribution in [0.1, 0.15) is 23.7 Å². The van der Waals surface area contributed by atoms with Crippen LogP contribution in [0.4, 0.5) is 5.82 Å². The first-order chi connectivity index (χ1) is 15.2. The fourth-order valence-corrected chi connectivity index (χ4v) is 3.90. The van der Waals surface area contributed by atoms with Crippen molar-refractivity contribution in [2.75, 3.05) is 44.2 Å². The summed E-state index contributed by atoms with van der Waals surface area (Å²) in [6.45, 7) is 8.53. The molecule has 1 aromatic carbocycles. The highest BCUT2D eigenvalue weighted by molar-refractivity contribution is 5.75. The first-order valence-corrected chi connectivity index (χ1v) is 10.7. The number of hydrogen-bond acceptors (Lipinski definition) is 7. The van der Waals surface area contributed by atoms with Gasteiger partial charge in [0.2, 0.25) is 0 Å². The Morgan fingerprint density at radius 3 is 2.68 bits per heavy atom. The van der Waals surface area contributed by atoms with Crippen LogP contribution in [0.25, 0.3) is 11.9 Å². The van der Waals surface area contributed by atoms with E-state index in [9.17, 15) is 4.79 Å². The second kappa shape index (κ2) is 9.70. The number of piperazine rings is 1. The zero-order valence-corrected chi connectivity index (χ0v) is 18.1. The Bertz CT molecular complexity index is 1050. The Hall–Kier alpha value is -3.26. The summed E-state index contributed by atoms with van der Waals surface area (Å²) < 4.78 is 6.93. The summed E-state index contributed by atoms with van der Waals surface area (Å²) in [6.07, 6.45) is 6.06. The second-order valence-corrected chi connectivity index (χ2v) is 7.55. The number of carbonyl (C=O) groups excluding carboxylic acids is 1. The van der Waals surface area contributed by atoms with Gasteiger partial charge >= 0.3 is 5.97 Å². The maximum Gasteiger partial charge on any atom is 0.310 e. The molecule has 1 saturated heterocycles. The molecule has 0 unspecified atom stereocenters. The van der Waals surface area contributed by atoms with E-state index in [-0.39, 0.29) is 12.4 Å². The largest absolute Gasteiger partial charge is 0.466 e. The normalized spacial score (nSPS) is 15.1. The molecule has 0 radical (unpaired) electrons. The third-order valence-corrected chi connectivity index (χ3v) is 5.48. The lowest BCUT2D eigenvalue weighted by atomic mass is 10.1. The van der Waals surface area contributed by atoms with Crippen molar-refractivity contribution in [1.82, 2.24) is 24.5 Å². The quantitative estimate of drug-likeness (QED) is 0.543. The summed E-state index contributed by atoms with van der Waals surface area (Å²) in [6, 6.07) is 10.3. The molecule has 0 atom stereocenters. The third kappa shape index (κ3) is 4.91. The van der Waals surface area contributed by atoms with E-state index in [2.05, 4.69) is 49.2 Å². The maximum absolute atomic E-state index is 12.2. The molecule has 0 spiro atoms. The van der Waals surface area contributed by atoms with Gasteiger partial charge in [0, 0.05) is 44.0 Å². The van der Waals surface area contributed by atoms with Crippen molar-refractivity contribution in [3.63, 3.8) is 0 Å². The zero-order chi connectivity index (χ0) is 21.6. The van der Waals surface area contributed by atoms with Gasteiger partial charge in [-0.1, -0.05) is 42.5 Å². The molecule has 0 aliphatic carbocycles. The molecule has 162 valence electrons. The van der Waals surface area contributed by atoms with E-state index >= 15 is 0 Å². The van der Waals surface area contributed by atoms with Crippen molar-refractivity contribution in [1.29, 1.82) is 0 Å². The molecular formula is C23H28N6O2. The van der Waals surface area contributed by atoms with Crippen LogP contribution in [0.2, 0.25) is 0 Å². The number of aromatic nitrogens is 4. The zero-order valence-electron chi connectivity index (χ0n) is 18.1. The van der Waals surface area contributed by atoms with Crippen LogP contribution >= 0.6 is 0 Å². The summed E-state index contributed by atoms with van der Waals surface area (Å²) in [7, 11) is 0. The molecule has 4 rings (SSSR count). The number of rotatable bonds is 7. The molecule has 3 aromatic rings. The van der Waals surface area contributed by atoms with E-state index in [1.807, 2.05) is 32.0 Å². The number of benzene rings is 1. The van der Waals surface area contributed by atoms with Crippen molar-refractivity contribution in [3.8, 4) is 0 Å². The van der Waals surface area contributed by atoms with E-state index in [0.717, 1.165) is 49.8 Å². The number of carbonyl (C=O) groups is 1. The summed E-state index contributed by atoms with van der Waals surface area (Å²) in [5.41, 5.74) is 2.86. The molecule has 31 heavy (non-hydrogen) atoms. The average molecular weight is 421 g/mol. The van der Waals surface area contributed by atoms with Crippen LogP contribution in [0.15, 0.2) is 42.7 Å². The number of hydrogen-bond donors (Lipinski definition) is 0. The molecule has 8 heteroatoms. The number of ether oxygens (including phenoxy) is 1. The van der Waals surface area contributed by atoms with Gasteiger partial charge in [-0.2, -0.15) is 14.6 Å². The predicted octanol–water partition coefficient (Wildman–Crippen LogP) is 2.37. The molecule has 0 amide bonds. The Balaban J connectivity index is 1.48. The molecule has 1 aliphatic rings. The van der Waals surface area contributed by atoms with Gasteiger partial charge in [-0.05, 0) is 19.4 Å². The van der Waals surface area contributed by atoms with Crippen LogP contribution < -0.4 is 4.90 Å². The van der Waals surface area contributed by atoms with E-state index < -0.39 is 0 Å². The van der Waals surface area contributed by atoms with Crippen molar-refractivity contribution in [2.45, 2.75) is 20.3 Å². The van der Waals surface area contributed by atoms with E-state index in [4.69, 9.17) is 4.74 Å². The molecular weight excluding hydrogens is 392 g/mol. The molecule has 0 saturated carbocycles. The minimum absolute atomic E-state index is 0.178. The van der Waals surface area contributed by atoms with Gasteiger partial charge in [-0.3, -0.25) is 9.69 Å². The first kappa shape index (κ1) is 21.0. The van der Waals surface area contributed by atoms with Crippen LogP contribution in [-0.4, -0.2) is 69.8 Å². The Morgan fingerprint density at radius 1 is 1.16 bits per heavy atom. The third-order valence-electron chi connectivity index (χ3n) is 5.48. The molecule has 3 heterocycles. The van der Waals surface area contributed by atoms with Gasteiger partial charge in [0.15, 0.2) is 0 Å². The van der Waals surface area contributed by atoms with Crippen molar-refractivity contribution < 1.29 is 9.53 Å². The number of nitrogens with zero attached hydrogens (tertiary/aromatic N) is 6. The van der Waals surface area contributed by atoms with Crippen molar-refractivity contribution >= 4 is 23.6 Å². The number of anilines is 1. The fourth-order valence-electron chi connectivity index (χ4n) is 3.90. The van der Waals surface area contributed by atoms with Gasteiger partial charge in [0.1, 0.15) is 12.1 Å². The van der Waals surface area contributed by atoms with Crippen molar-refractivity contribution in [3.05, 3.63) is 59.6 Å². The van der Waals surface area contributed by atoms with Crippen LogP contribution in [0.3, 0.4) is 0 Å². The maximum atomic E-state index is 12.2. The topological polar surface area (TPSA) is 75.9 Å². The van der Waals surface area contributed by atoms with E-state index in [0.29, 0.717) is 12.4 Å². The summed E-state index contributed by atoms with van der Waals surface area (Å²) in [4.78, 5) is 25.7. The van der Waals surface area contributed by atoms with E-state index in [1.54, 1.807) is 4.52 Å². The van der Waals surface area contributed by atoms with Gasteiger partial charge in [0.25, 0.3) is 5.78 Å². The monoisotopic (exact) mass is 420 g/mol. The molecule has 0 N–H and O–H groups in total. The molecule has 1 fully saturated rings. The Kier molecular flexibility index (Phi) is 6.57. The first-order valence-electron chi connectivity index (χ1n) is 10.7. The van der Waals surface area contributed by atoms with Crippen molar-refractivity contribution in [2.24, 2.45) is 0 Å². The average Bonchev–Trinajstić information content (AvgIpc) is 3.24. The molecule has 8 nitrogen and oxygen atoms in total. The lowest BCUT2D eigenvalue weighted by Gasteiger charge is -2.36. The summed E-state index contributed by atoms with van der Waals surface area (Å²) >= 11 is 0. The highest BCUT2D eigenvalue weighted by atomic mass is 16.5. The van der Waals surface area contributed by atoms with Gasteiger partial charge in [-0.25, -0.2) is 4.98 Å². The SMILES string of the molecule is CCOC(=O)Cc1c(C)nc2ncnn2c1N1CCN(C/C=C/c2ccccc2)CC1. The molecule has 1 aliphatic heterocycles. The minimum Gasteiger partial charge on any atom is -0.466 e.